The van der Waals surface area contributed by atoms with E-state index in [4.69, 9.17) is 19.1 Å². The highest BCUT2D eigenvalue weighted by Gasteiger charge is 2.20. The van der Waals surface area contributed by atoms with Crippen LogP contribution in [0.5, 0.6) is 11.5 Å². The number of hydrogen-bond acceptors (Lipinski definition) is 12. The van der Waals surface area contributed by atoms with Crippen LogP contribution in [0.2, 0.25) is 0 Å². The maximum atomic E-state index is 13.6. The molecule has 1 N–H and O–H groups in total. The van der Waals surface area contributed by atoms with Gasteiger partial charge in [0, 0.05) is 54.5 Å². The number of ketones is 1. The highest BCUT2D eigenvalue weighted by atomic mass is 16.7. The van der Waals surface area contributed by atoms with E-state index in [0.29, 0.717) is 17.0 Å². The number of carbonyl (C=O) groups excluding carboxylic acids is 4. The zero-order valence-corrected chi connectivity index (χ0v) is 27.8. The fourth-order valence-corrected chi connectivity index (χ4v) is 4.77. The van der Waals surface area contributed by atoms with Gasteiger partial charge in [-0.15, -0.1) is 0 Å². The summed E-state index contributed by atoms with van der Waals surface area (Å²) >= 11 is 0. The Bertz CT molecular complexity index is 1810. The van der Waals surface area contributed by atoms with Gasteiger partial charge in [0.2, 0.25) is 0 Å². The Labute approximate surface area is 283 Å². The number of methoxy groups -OCH3 is 1. The van der Waals surface area contributed by atoms with E-state index in [0.717, 1.165) is 28.2 Å². The maximum Gasteiger partial charge on any atom is 0.331 e. The van der Waals surface area contributed by atoms with Crippen molar-refractivity contribution in [2.24, 2.45) is 10.3 Å². The van der Waals surface area contributed by atoms with Crippen molar-refractivity contribution in [2.75, 3.05) is 12.0 Å². The Kier molecular flexibility index (Phi) is 11.7. The molecule has 0 fully saturated rings. The first kappa shape index (κ1) is 35.7. The zero-order chi connectivity index (χ0) is 35.7. The lowest BCUT2D eigenvalue weighted by molar-refractivity contribution is -0.141. The Morgan fingerprint density at radius 2 is 1.04 bits per heavy atom. The quantitative estimate of drug-likeness (QED) is 0.0450. The Hall–Kier alpha value is -6.14. The summed E-state index contributed by atoms with van der Waals surface area (Å²) in [6.45, 7) is 6.76. The fourth-order valence-electron chi connectivity index (χ4n) is 4.77. The second kappa shape index (κ2) is 16.1. The van der Waals surface area contributed by atoms with Gasteiger partial charge in [0.05, 0.1) is 25.1 Å². The van der Waals surface area contributed by atoms with Crippen LogP contribution in [-0.2, 0) is 30.7 Å². The number of hydrogen-bond donors (Lipinski definition) is 1. The van der Waals surface area contributed by atoms with Crippen LogP contribution in [-0.4, -0.2) is 47.3 Å². The Morgan fingerprint density at radius 1 is 0.612 bits per heavy atom. The van der Waals surface area contributed by atoms with E-state index in [-0.39, 0.29) is 28.4 Å². The number of nitrogens with zero attached hydrogens (tertiary/aromatic N) is 3. The molecule has 0 aromatic heterocycles. The monoisotopic (exact) mass is 665 g/mol. The minimum atomic E-state index is -0.591. The normalized spacial score (nSPS) is 11.4. The van der Waals surface area contributed by atoms with Gasteiger partial charge in [-0.1, -0.05) is 34.6 Å². The van der Waals surface area contributed by atoms with Crippen molar-refractivity contribution in [1.82, 2.24) is 0 Å². The molecule has 0 bridgehead atoms. The van der Waals surface area contributed by atoms with Crippen LogP contribution in [0.4, 0.5) is 17.1 Å². The Balaban J connectivity index is 1.72. The van der Waals surface area contributed by atoms with Crippen molar-refractivity contribution in [2.45, 2.75) is 41.2 Å². The summed E-state index contributed by atoms with van der Waals surface area (Å²) in [5, 5.41) is 17.6. The number of benzene rings is 4. The smallest absolute Gasteiger partial charge is 0.331 e. The van der Waals surface area contributed by atoms with Crippen molar-refractivity contribution in [3.05, 3.63) is 113 Å². The molecular formula is C37H35N3O9. The van der Waals surface area contributed by atoms with Gasteiger partial charge in [-0.25, -0.2) is 9.59 Å². The second-order valence-electron chi connectivity index (χ2n) is 10.7. The third-order valence-corrected chi connectivity index (χ3v) is 7.13. The molecule has 0 heterocycles. The molecular weight excluding hydrogens is 630 g/mol. The number of ether oxygens (including phenoxy) is 2. The first-order chi connectivity index (χ1) is 23.4. The number of aliphatic hydroxyl groups is 1. The predicted molar refractivity (Wildman–Crippen MR) is 183 cm³/mol. The highest BCUT2D eigenvalue weighted by Crippen LogP contribution is 2.37. The van der Waals surface area contributed by atoms with Gasteiger partial charge in [0.25, 0.3) is 0 Å². The number of anilines is 3. The van der Waals surface area contributed by atoms with Gasteiger partial charge >= 0.3 is 17.9 Å². The van der Waals surface area contributed by atoms with Crippen LogP contribution in [0.25, 0.3) is 0 Å². The molecule has 4 aromatic carbocycles. The van der Waals surface area contributed by atoms with Crippen LogP contribution < -0.4 is 14.4 Å². The summed E-state index contributed by atoms with van der Waals surface area (Å²) < 4.78 is 10.6. The molecule has 49 heavy (non-hydrogen) atoms. The van der Waals surface area contributed by atoms with E-state index >= 15 is 0 Å². The average Bonchev–Trinajstić information content (AvgIpc) is 3.10. The van der Waals surface area contributed by atoms with Crippen molar-refractivity contribution in [3.8, 4) is 11.5 Å². The maximum absolute atomic E-state index is 13.6. The summed E-state index contributed by atoms with van der Waals surface area (Å²) in [6, 6.07) is 24.8. The Morgan fingerprint density at radius 3 is 1.41 bits per heavy atom. The van der Waals surface area contributed by atoms with Crippen molar-refractivity contribution < 1.29 is 43.4 Å². The molecule has 0 aliphatic carbocycles. The molecule has 0 atom stereocenters. The zero-order valence-electron chi connectivity index (χ0n) is 27.8. The minimum Gasteiger partial charge on any atom is -0.493 e. The molecule has 12 heteroatoms. The van der Waals surface area contributed by atoms with E-state index in [9.17, 15) is 24.3 Å². The van der Waals surface area contributed by atoms with Crippen LogP contribution in [0.3, 0.4) is 0 Å². The van der Waals surface area contributed by atoms with Crippen LogP contribution in [0.15, 0.2) is 95.2 Å². The summed E-state index contributed by atoms with van der Waals surface area (Å²) in [5.74, 6) is -1.77. The summed E-state index contributed by atoms with van der Waals surface area (Å²) in [6.07, 6.45) is 0. The second-order valence-corrected chi connectivity index (χ2v) is 10.7. The van der Waals surface area contributed by atoms with E-state index < -0.39 is 24.5 Å². The molecule has 12 nitrogen and oxygen atoms in total. The third kappa shape index (κ3) is 9.02. The number of aliphatic hydroxyl groups excluding tert-OH is 1. The molecule has 0 aliphatic rings. The van der Waals surface area contributed by atoms with Crippen LogP contribution >= 0.6 is 0 Å². The van der Waals surface area contributed by atoms with E-state index in [2.05, 4.69) is 10.3 Å². The van der Waals surface area contributed by atoms with Gasteiger partial charge in [-0.2, -0.15) is 0 Å². The number of rotatable bonds is 12. The van der Waals surface area contributed by atoms with Gasteiger partial charge in [0.1, 0.15) is 0 Å². The lowest BCUT2D eigenvalue weighted by atomic mass is 9.99. The highest BCUT2D eigenvalue weighted by molar-refractivity contribution is 6.10. The molecule has 4 aromatic rings. The SMILES string of the molecule is COc1cc(C(=O)c2ccc(N(c3ccc(/C(C)=N/OC(C)=O)cc3)c3ccc(/C(C)=N/OC(C)=O)cc3)cc2)cc(CO)c1OC(C)=O. The lowest BCUT2D eigenvalue weighted by Gasteiger charge is -2.26. The van der Waals surface area contributed by atoms with Crippen molar-refractivity contribution in [1.29, 1.82) is 0 Å². The molecule has 0 unspecified atom stereocenters. The molecule has 0 saturated carbocycles. The molecule has 0 aliphatic heterocycles. The summed E-state index contributed by atoms with van der Waals surface area (Å²) in [4.78, 5) is 59.1. The average molecular weight is 666 g/mol. The van der Waals surface area contributed by atoms with Gasteiger partial charge in [-0.3, -0.25) is 9.59 Å². The summed E-state index contributed by atoms with van der Waals surface area (Å²) in [7, 11) is 1.38. The van der Waals surface area contributed by atoms with Gasteiger partial charge in [-0.05, 0) is 85.6 Å². The minimum absolute atomic E-state index is 0.0535. The van der Waals surface area contributed by atoms with E-state index in [1.165, 1.54) is 40.0 Å². The lowest BCUT2D eigenvalue weighted by Crippen LogP contribution is -2.12. The molecule has 0 spiro atoms. The van der Waals surface area contributed by atoms with Crippen LogP contribution in [0.1, 0.15) is 67.2 Å². The molecule has 252 valence electrons. The van der Waals surface area contributed by atoms with Crippen molar-refractivity contribution in [3.63, 3.8) is 0 Å². The van der Waals surface area contributed by atoms with Gasteiger partial charge < -0.3 is 29.2 Å². The molecule has 0 amide bonds. The molecule has 4 rings (SSSR count). The van der Waals surface area contributed by atoms with Gasteiger partial charge in [0.15, 0.2) is 17.3 Å². The third-order valence-electron chi connectivity index (χ3n) is 7.13. The first-order valence-corrected chi connectivity index (χ1v) is 15.0. The molecule has 0 saturated heterocycles. The van der Waals surface area contributed by atoms with Crippen LogP contribution in [0, 0.1) is 0 Å². The van der Waals surface area contributed by atoms with E-state index in [1.54, 1.807) is 38.1 Å². The topological polar surface area (TPSA) is 153 Å². The number of oxime groups is 2. The largest absolute Gasteiger partial charge is 0.493 e. The molecule has 0 radical (unpaired) electrons. The first-order valence-electron chi connectivity index (χ1n) is 15.0. The summed E-state index contributed by atoms with van der Waals surface area (Å²) in [5.41, 5.74) is 5.65. The number of esters is 1. The fraction of sp³-hybridized carbons (Fsp3) is 0.189. The predicted octanol–water partition coefficient (Wildman–Crippen LogP) is 6.39. The van der Waals surface area contributed by atoms with E-state index in [1.807, 2.05) is 53.4 Å². The standard InChI is InChI=1S/C37H35N3O9/c1-22(38-48-25(4)43)27-7-13-32(14-8-27)40(33-15-9-28(10-16-33)23(2)39-49-26(5)44)34-17-11-29(12-18-34)36(45)30-19-31(21-41)37(47-24(3)42)35(20-30)46-6/h7-20,41H,21H2,1-6H3/b38-22+,39-23+. The van der Waals surface area contributed by atoms with Crippen molar-refractivity contribution >= 4 is 52.2 Å². The number of carbonyl (C=O) groups is 4.